The van der Waals surface area contributed by atoms with E-state index in [0.29, 0.717) is 31.3 Å². The third kappa shape index (κ3) is 3.49. The summed E-state index contributed by atoms with van der Waals surface area (Å²) in [5, 5.41) is 0.865. The molecule has 5 rings (SSSR count). The summed E-state index contributed by atoms with van der Waals surface area (Å²) in [5.74, 6) is 1.10. The molecule has 0 bridgehead atoms. The van der Waals surface area contributed by atoms with Crippen molar-refractivity contribution in [2.24, 2.45) is 0 Å². The van der Waals surface area contributed by atoms with Crippen LogP contribution >= 0.6 is 11.3 Å². The number of para-hydroxylation sites is 1. The average molecular weight is 431 g/mol. The number of rotatable bonds is 3. The number of thiazole rings is 1. The van der Waals surface area contributed by atoms with Crippen LogP contribution in [0, 0.1) is 0 Å². The zero-order chi connectivity index (χ0) is 19.8. The second kappa shape index (κ2) is 7.59. The van der Waals surface area contributed by atoms with Crippen LogP contribution in [0.25, 0.3) is 10.2 Å². The van der Waals surface area contributed by atoms with Crippen LogP contribution in [0.4, 0.5) is 0 Å². The summed E-state index contributed by atoms with van der Waals surface area (Å²) < 4.78 is 41.2. The van der Waals surface area contributed by atoms with E-state index in [2.05, 4.69) is 0 Å². The summed E-state index contributed by atoms with van der Waals surface area (Å²) >= 11 is 1.58. The number of hydrogen-bond donors (Lipinski definition) is 0. The molecule has 0 unspecified atom stereocenters. The van der Waals surface area contributed by atoms with E-state index in [1.165, 1.54) is 0 Å². The maximum absolute atomic E-state index is 13.6. The molecule has 152 valence electrons. The van der Waals surface area contributed by atoms with Crippen molar-refractivity contribution in [3.8, 4) is 11.5 Å². The van der Waals surface area contributed by atoms with Crippen molar-refractivity contribution in [3.05, 3.63) is 47.5 Å². The van der Waals surface area contributed by atoms with Gasteiger partial charge in [0, 0.05) is 19.0 Å². The highest BCUT2D eigenvalue weighted by atomic mass is 32.2. The highest BCUT2D eigenvalue weighted by Crippen LogP contribution is 2.40. The van der Waals surface area contributed by atoms with Crippen molar-refractivity contribution >= 4 is 31.6 Å². The molecule has 8 heteroatoms. The lowest BCUT2D eigenvalue weighted by Gasteiger charge is -2.33. The standard InChI is InChI=1S/C21H22N2O4S2/c24-29(25,15-9-10-18-19(14-15)27-13-5-12-26-18)23-11-4-3-7-17(23)21-22-16-6-1-2-8-20(16)28-21/h1-2,6,8-10,14,17H,3-5,7,11-13H2/t17-/m0/s1. The van der Waals surface area contributed by atoms with Crippen molar-refractivity contribution in [1.29, 1.82) is 0 Å². The third-order valence-electron chi connectivity index (χ3n) is 5.37. The first kappa shape index (κ1) is 18.8. The summed E-state index contributed by atoms with van der Waals surface area (Å²) in [7, 11) is -3.68. The molecule has 1 aromatic heterocycles. The van der Waals surface area contributed by atoms with E-state index in [1.807, 2.05) is 24.3 Å². The van der Waals surface area contributed by atoms with Crippen LogP contribution in [0.5, 0.6) is 11.5 Å². The fourth-order valence-corrected chi connectivity index (χ4v) is 6.77. The molecule has 1 fully saturated rings. The number of benzene rings is 2. The van der Waals surface area contributed by atoms with Crippen LogP contribution < -0.4 is 9.47 Å². The first-order valence-electron chi connectivity index (χ1n) is 9.90. The Morgan fingerprint density at radius 3 is 2.69 bits per heavy atom. The fraction of sp³-hybridized carbons (Fsp3) is 0.381. The molecule has 1 saturated heterocycles. The SMILES string of the molecule is O=S(=O)(c1ccc2c(c1)OCCCO2)N1CCCC[C@H]1c1nc2ccccc2s1. The van der Waals surface area contributed by atoms with Crippen molar-refractivity contribution in [1.82, 2.24) is 9.29 Å². The molecule has 0 saturated carbocycles. The lowest BCUT2D eigenvalue weighted by atomic mass is 10.1. The van der Waals surface area contributed by atoms with E-state index in [0.717, 1.165) is 40.9 Å². The summed E-state index contributed by atoms with van der Waals surface area (Å²) in [5.41, 5.74) is 0.922. The first-order valence-corrected chi connectivity index (χ1v) is 12.2. The molecular formula is C21H22N2O4S2. The summed E-state index contributed by atoms with van der Waals surface area (Å²) in [6.07, 6.45) is 3.41. The van der Waals surface area contributed by atoms with Gasteiger partial charge in [-0.05, 0) is 37.1 Å². The Morgan fingerprint density at radius 1 is 1.00 bits per heavy atom. The van der Waals surface area contributed by atoms with Crippen molar-refractivity contribution in [2.45, 2.75) is 36.6 Å². The molecule has 6 nitrogen and oxygen atoms in total. The monoisotopic (exact) mass is 430 g/mol. The van der Waals surface area contributed by atoms with Crippen LogP contribution in [0.3, 0.4) is 0 Å². The number of ether oxygens (including phenoxy) is 2. The summed E-state index contributed by atoms with van der Waals surface area (Å²) in [6.45, 7) is 1.59. The Kier molecular flexibility index (Phi) is 4.93. The molecule has 29 heavy (non-hydrogen) atoms. The average Bonchev–Trinajstić information content (AvgIpc) is 3.04. The van der Waals surface area contributed by atoms with Gasteiger partial charge >= 0.3 is 0 Å². The first-order chi connectivity index (χ1) is 14.1. The largest absolute Gasteiger partial charge is 0.490 e. The van der Waals surface area contributed by atoms with Crippen molar-refractivity contribution in [2.75, 3.05) is 19.8 Å². The molecule has 1 atom stereocenters. The predicted octanol–water partition coefficient (Wildman–Crippen LogP) is 4.37. The van der Waals surface area contributed by atoms with Gasteiger partial charge < -0.3 is 9.47 Å². The van der Waals surface area contributed by atoms with E-state index in [-0.39, 0.29) is 10.9 Å². The highest BCUT2D eigenvalue weighted by Gasteiger charge is 2.36. The van der Waals surface area contributed by atoms with Gasteiger partial charge in [-0.1, -0.05) is 18.6 Å². The van der Waals surface area contributed by atoms with Gasteiger partial charge in [0.05, 0.1) is 34.4 Å². The fourth-order valence-electron chi connectivity index (χ4n) is 3.91. The van der Waals surface area contributed by atoms with Gasteiger partial charge in [-0.2, -0.15) is 4.31 Å². The number of fused-ring (bicyclic) bond motifs is 2. The molecule has 0 N–H and O–H groups in total. The van der Waals surface area contributed by atoms with Crippen LogP contribution in [0.15, 0.2) is 47.4 Å². The number of sulfonamides is 1. The molecule has 2 aliphatic rings. The van der Waals surface area contributed by atoms with Gasteiger partial charge in [0.15, 0.2) is 11.5 Å². The molecule has 0 radical (unpaired) electrons. The minimum absolute atomic E-state index is 0.234. The van der Waals surface area contributed by atoms with E-state index in [1.54, 1.807) is 33.8 Å². The lowest BCUT2D eigenvalue weighted by molar-refractivity contribution is 0.255. The van der Waals surface area contributed by atoms with Crippen LogP contribution in [-0.4, -0.2) is 37.5 Å². The quantitative estimate of drug-likeness (QED) is 0.617. The van der Waals surface area contributed by atoms with E-state index in [4.69, 9.17) is 14.5 Å². The van der Waals surface area contributed by atoms with E-state index in [9.17, 15) is 8.42 Å². The second-order valence-corrected chi connectivity index (χ2v) is 10.3. The molecule has 2 aliphatic heterocycles. The van der Waals surface area contributed by atoms with E-state index < -0.39 is 10.0 Å². The maximum Gasteiger partial charge on any atom is 0.243 e. The van der Waals surface area contributed by atoms with E-state index >= 15 is 0 Å². The molecule has 3 aromatic rings. The minimum Gasteiger partial charge on any atom is -0.490 e. The highest BCUT2D eigenvalue weighted by molar-refractivity contribution is 7.89. The van der Waals surface area contributed by atoms with Crippen LogP contribution in [0.1, 0.15) is 36.7 Å². The van der Waals surface area contributed by atoms with Gasteiger partial charge in [0.1, 0.15) is 5.01 Å². The number of aromatic nitrogens is 1. The molecule has 2 aromatic carbocycles. The number of nitrogens with zero attached hydrogens (tertiary/aromatic N) is 2. The van der Waals surface area contributed by atoms with Gasteiger partial charge in [-0.3, -0.25) is 0 Å². The Balaban J connectivity index is 1.52. The Hall–Kier alpha value is -2.16. The Bertz CT molecular complexity index is 1110. The molecule has 0 aliphatic carbocycles. The van der Waals surface area contributed by atoms with Crippen LogP contribution in [0.2, 0.25) is 0 Å². The molecule has 0 spiro atoms. The van der Waals surface area contributed by atoms with Crippen LogP contribution in [-0.2, 0) is 10.0 Å². The second-order valence-electron chi connectivity index (χ2n) is 7.31. The maximum atomic E-state index is 13.6. The summed E-state index contributed by atoms with van der Waals surface area (Å²) in [4.78, 5) is 4.99. The zero-order valence-electron chi connectivity index (χ0n) is 15.9. The van der Waals surface area contributed by atoms with Crippen molar-refractivity contribution in [3.63, 3.8) is 0 Å². The zero-order valence-corrected chi connectivity index (χ0v) is 17.5. The van der Waals surface area contributed by atoms with Crippen molar-refractivity contribution < 1.29 is 17.9 Å². The number of piperidine rings is 1. The Morgan fingerprint density at radius 2 is 1.83 bits per heavy atom. The summed E-state index contributed by atoms with van der Waals surface area (Å²) in [6, 6.07) is 12.6. The number of hydrogen-bond acceptors (Lipinski definition) is 6. The molecule has 3 heterocycles. The minimum atomic E-state index is -3.68. The molecule has 0 amide bonds. The smallest absolute Gasteiger partial charge is 0.243 e. The predicted molar refractivity (Wildman–Crippen MR) is 112 cm³/mol. The molecular weight excluding hydrogens is 408 g/mol. The van der Waals surface area contributed by atoms with Gasteiger partial charge in [-0.15, -0.1) is 11.3 Å². The van der Waals surface area contributed by atoms with Gasteiger partial charge in [0.25, 0.3) is 0 Å². The normalized spacial score (nSPS) is 20.5. The lowest BCUT2D eigenvalue weighted by Crippen LogP contribution is -2.38. The van der Waals surface area contributed by atoms with Gasteiger partial charge in [0.2, 0.25) is 10.0 Å². The van der Waals surface area contributed by atoms with Gasteiger partial charge in [-0.25, -0.2) is 13.4 Å². The topological polar surface area (TPSA) is 68.7 Å². The Labute approximate surface area is 174 Å². The third-order valence-corrected chi connectivity index (χ3v) is 8.42.